The largest absolute Gasteiger partial charge is 0.379 e. The maximum absolute atomic E-state index is 11.3. The summed E-state index contributed by atoms with van der Waals surface area (Å²) in [6.45, 7) is 13.0. The molecule has 0 aromatic carbocycles. The number of hydrogen-bond acceptors (Lipinski definition) is 5. The number of unbranched alkanes of at least 4 members (excludes halogenated alkanes) is 2. The Bertz CT molecular complexity index is 239. The van der Waals surface area contributed by atoms with E-state index in [0.717, 1.165) is 32.3 Å². The quantitative estimate of drug-likeness (QED) is 0.409. The molecule has 0 saturated heterocycles. The monoisotopic (exact) mass is 349 g/mol. The summed E-state index contributed by atoms with van der Waals surface area (Å²) >= 11 is 0. The number of carbonyl (C=O) groups excluding carboxylic acids is 1. The van der Waals surface area contributed by atoms with E-state index < -0.39 is 0 Å². The molecular formula is C18H39NO5. The summed E-state index contributed by atoms with van der Waals surface area (Å²) in [7, 11) is 0. The van der Waals surface area contributed by atoms with E-state index in [-0.39, 0.29) is 12.5 Å². The van der Waals surface area contributed by atoms with Gasteiger partial charge in [0.1, 0.15) is 6.61 Å². The van der Waals surface area contributed by atoms with Crippen LogP contribution < -0.4 is 5.32 Å². The standard InChI is InChI=1S/C16H33NO5.C2H6/c1-3-5-7-17-16(18)15-22-14-13-21-12-11-20-10-9-19-8-6-4-2;1-2/h3-15H2,1-2H3,(H,17,18);1-2H3. The molecule has 0 aromatic rings. The summed E-state index contributed by atoms with van der Waals surface area (Å²) in [5.41, 5.74) is 0. The molecule has 24 heavy (non-hydrogen) atoms. The van der Waals surface area contributed by atoms with Gasteiger partial charge < -0.3 is 24.3 Å². The highest BCUT2D eigenvalue weighted by atomic mass is 16.6. The van der Waals surface area contributed by atoms with Gasteiger partial charge in [-0.25, -0.2) is 0 Å². The van der Waals surface area contributed by atoms with Gasteiger partial charge in [-0.1, -0.05) is 40.5 Å². The van der Waals surface area contributed by atoms with Crippen molar-refractivity contribution in [2.45, 2.75) is 53.4 Å². The zero-order valence-electron chi connectivity index (χ0n) is 16.2. The summed E-state index contributed by atoms with van der Waals surface area (Å²) in [5.74, 6) is -0.0696. The molecule has 0 radical (unpaired) electrons. The van der Waals surface area contributed by atoms with Crippen LogP contribution in [0.15, 0.2) is 0 Å². The minimum atomic E-state index is -0.0696. The Morgan fingerprint density at radius 1 is 0.708 bits per heavy atom. The molecule has 0 unspecified atom stereocenters. The van der Waals surface area contributed by atoms with E-state index in [1.54, 1.807) is 0 Å². The molecule has 0 spiro atoms. The van der Waals surface area contributed by atoms with Crippen LogP contribution in [-0.2, 0) is 23.7 Å². The molecule has 0 aliphatic carbocycles. The number of hydrogen-bond donors (Lipinski definition) is 1. The van der Waals surface area contributed by atoms with Gasteiger partial charge in [0.05, 0.1) is 39.6 Å². The molecule has 0 saturated carbocycles. The van der Waals surface area contributed by atoms with Gasteiger partial charge in [0.2, 0.25) is 5.91 Å². The topological polar surface area (TPSA) is 66.0 Å². The van der Waals surface area contributed by atoms with Crippen molar-refractivity contribution < 1.29 is 23.7 Å². The third-order valence-electron chi connectivity index (χ3n) is 2.84. The van der Waals surface area contributed by atoms with E-state index in [2.05, 4.69) is 19.2 Å². The van der Waals surface area contributed by atoms with E-state index in [0.29, 0.717) is 46.2 Å². The maximum atomic E-state index is 11.3. The summed E-state index contributed by atoms with van der Waals surface area (Å²) < 4.78 is 21.3. The Kier molecular flexibility index (Phi) is 26.1. The molecule has 6 nitrogen and oxygen atoms in total. The first-order chi connectivity index (χ1) is 11.8. The van der Waals surface area contributed by atoms with Crippen LogP contribution in [0.1, 0.15) is 53.4 Å². The van der Waals surface area contributed by atoms with Crippen LogP contribution in [0.2, 0.25) is 0 Å². The SMILES string of the molecule is CC.CCCCNC(=O)COCCOCCOCCOCCCC. The van der Waals surface area contributed by atoms with Crippen molar-refractivity contribution in [1.29, 1.82) is 0 Å². The molecule has 0 bridgehead atoms. The number of nitrogens with one attached hydrogen (secondary N) is 1. The highest BCUT2D eigenvalue weighted by Crippen LogP contribution is 1.88. The Morgan fingerprint density at radius 2 is 1.17 bits per heavy atom. The molecule has 0 rings (SSSR count). The lowest BCUT2D eigenvalue weighted by molar-refractivity contribution is -0.126. The zero-order valence-corrected chi connectivity index (χ0v) is 16.2. The number of carbonyl (C=O) groups is 1. The van der Waals surface area contributed by atoms with E-state index >= 15 is 0 Å². The van der Waals surface area contributed by atoms with Crippen molar-refractivity contribution in [1.82, 2.24) is 5.32 Å². The predicted octanol–water partition coefficient (Wildman–Crippen LogP) is 2.80. The van der Waals surface area contributed by atoms with Gasteiger partial charge in [-0.2, -0.15) is 0 Å². The fourth-order valence-electron chi connectivity index (χ4n) is 1.53. The van der Waals surface area contributed by atoms with Crippen LogP contribution in [0.3, 0.4) is 0 Å². The minimum Gasteiger partial charge on any atom is -0.379 e. The summed E-state index contributed by atoms with van der Waals surface area (Å²) in [4.78, 5) is 11.3. The molecule has 0 aliphatic rings. The normalized spacial score (nSPS) is 10.2. The number of amides is 1. The average molecular weight is 350 g/mol. The van der Waals surface area contributed by atoms with Crippen molar-refractivity contribution in [3.63, 3.8) is 0 Å². The Hall–Kier alpha value is -0.690. The van der Waals surface area contributed by atoms with Gasteiger partial charge >= 0.3 is 0 Å². The van der Waals surface area contributed by atoms with Crippen LogP contribution >= 0.6 is 0 Å². The third-order valence-corrected chi connectivity index (χ3v) is 2.84. The van der Waals surface area contributed by atoms with Gasteiger partial charge in [-0.05, 0) is 12.8 Å². The van der Waals surface area contributed by atoms with E-state index in [1.165, 1.54) is 0 Å². The van der Waals surface area contributed by atoms with Gasteiger partial charge in [0.25, 0.3) is 0 Å². The molecule has 0 heterocycles. The average Bonchev–Trinajstić information content (AvgIpc) is 2.61. The molecule has 1 amide bonds. The smallest absolute Gasteiger partial charge is 0.245 e. The zero-order chi connectivity index (χ0) is 18.3. The van der Waals surface area contributed by atoms with E-state index in [9.17, 15) is 4.79 Å². The Labute approximate surface area is 148 Å². The third kappa shape index (κ3) is 23.6. The second-order valence-corrected chi connectivity index (χ2v) is 4.95. The van der Waals surface area contributed by atoms with E-state index in [1.807, 2.05) is 13.8 Å². The predicted molar refractivity (Wildman–Crippen MR) is 97.4 cm³/mol. The maximum Gasteiger partial charge on any atom is 0.245 e. The molecule has 0 fully saturated rings. The summed E-state index contributed by atoms with van der Waals surface area (Å²) in [6.07, 6.45) is 4.32. The van der Waals surface area contributed by atoms with Crippen molar-refractivity contribution in [3.05, 3.63) is 0 Å². The lowest BCUT2D eigenvalue weighted by Gasteiger charge is -2.07. The fourth-order valence-corrected chi connectivity index (χ4v) is 1.53. The van der Waals surface area contributed by atoms with Crippen molar-refractivity contribution >= 4 is 5.91 Å². The van der Waals surface area contributed by atoms with Crippen LogP contribution in [0.4, 0.5) is 0 Å². The van der Waals surface area contributed by atoms with Crippen molar-refractivity contribution in [2.24, 2.45) is 0 Å². The Balaban J connectivity index is 0. The lowest BCUT2D eigenvalue weighted by atomic mass is 10.3. The second-order valence-electron chi connectivity index (χ2n) is 4.95. The molecule has 0 aliphatic heterocycles. The Morgan fingerprint density at radius 3 is 1.67 bits per heavy atom. The fraction of sp³-hybridized carbons (Fsp3) is 0.944. The van der Waals surface area contributed by atoms with Crippen LogP contribution in [0.25, 0.3) is 0 Å². The van der Waals surface area contributed by atoms with Crippen LogP contribution in [0.5, 0.6) is 0 Å². The minimum absolute atomic E-state index is 0.0696. The van der Waals surface area contributed by atoms with Crippen LogP contribution in [-0.4, -0.2) is 65.3 Å². The van der Waals surface area contributed by atoms with Crippen LogP contribution in [0, 0.1) is 0 Å². The first-order valence-electron chi connectivity index (χ1n) is 9.38. The first kappa shape index (κ1) is 25.5. The highest BCUT2D eigenvalue weighted by Gasteiger charge is 1.99. The van der Waals surface area contributed by atoms with E-state index in [4.69, 9.17) is 18.9 Å². The summed E-state index contributed by atoms with van der Waals surface area (Å²) in [5, 5.41) is 2.79. The lowest BCUT2D eigenvalue weighted by Crippen LogP contribution is -2.29. The van der Waals surface area contributed by atoms with Crippen molar-refractivity contribution in [3.8, 4) is 0 Å². The van der Waals surface area contributed by atoms with Gasteiger partial charge in [0.15, 0.2) is 0 Å². The highest BCUT2D eigenvalue weighted by molar-refractivity contribution is 5.77. The molecule has 0 atom stereocenters. The molecule has 146 valence electrons. The van der Waals surface area contributed by atoms with Gasteiger partial charge in [0, 0.05) is 13.2 Å². The molecule has 0 aromatic heterocycles. The number of rotatable bonds is 17. The number of ether oxygens (including phenoxy) is 4. The first-order valence-corrected chi connectivity index (χ1v) is 9.38. The van der Waals surface area contributed by atoms with Gasteiger partial charge in [-0.3, -0.25) is 4.79 Å². The second kappa shape index (κ2) is 24.6. The summed E-state index contributed by atoms with van der Waals surface area (Å²) in [6, 6.07) is 0. The molecule has 1 N–H and O–H groups in total. The molecule has 6 heteroatoms. The molecular weight excluding hydrogens is 310 g/mol. The van der Waals surface area contributed by atoms with Crippen molar-refractivity contribution in [2.75, 3.05) is 59.4 Å². The van der Waals surface area contributed by atoms with Gasteiger partial charge in [-0.15, -0.1) is 0 Å².